The summed E-state index contributed by atoms with van der Waals surface area (Å²) in [6, 6.07) is 0. The van der Waals surface area contributed by atoms with E-state index in [0.717, 1.165) is 12.5 Å². The van der Waals surface area contributed by atoms with Crippen LogP contribution in [0.25, 0.3) is 0 Å². The van der Waals surface area contributed by atoms with Crippen LogP contribution >= 0.6 is 0 Å². The minimum absolute atomic E-state index is 0.0788. The van der Waals surface area contributed by atoms with Gasteiger partial charge >= 0.3 is 0 Å². The summed E-state index contributed by atoms with van der Waals surface area (Å²) < 4.78 is 10.7. The summed E-state index contributed by atoms with van der Waals surface area (Å²) in [5, 5.41) is 2.76. The molecular weight excluding hydrogens is 206 g/mol. The molecule has 0 radical (unpaired) electrons. The van der Waals surface area contributed by atoms with E-state index in [-0.39, 0.29) is 18.1 Å². The highest BCUT2D eigenvalue weighted by molar-refractivity contribution is 5.77. The highest BCUT2D eigenvalue weighted by Gasteiger charge is 2.20. The van der Waals surface area contributed by atoms with Gasteiger partial charge in [-0.05, 0) is 39.5 Å². The van der Waals surface area contributed by atoms with Gasteiger partial charge in [-0.1, -0.05) is 0 Å². The Bertz CT molecular complexity index is 219. The van der Waals surface area contributed by atoms with E-state index in [4.69, 9.17) is 9.47 Å². The van der Waals surface area contributed by atoms with Crippen molar-refractivity contribution in [1.29, 1.82) is 0 Å². The van der Waals surface area contributed by atoms with E-state index in [0.29, 0.717) is 13.2 Å². The number of hydrogen-bond acceptors (Lipinski definition) is 3. The second kappa shape index (κ2) is 6.21. The third-order valence-corrected chi connectivity index (χ3v) is 2.26. The Balaban J connectivity index is 1.89. The molecule has 0 bridgehead atoms. The van der Waals surface area contributed by atoms with Crippen molar-refractivity contribution in [2.24, 2.45) is 5.92 Å². The molecule has 4 nitrogen and oxygen atoms in total. The van der Waals surface area contributed by atoms with E-state index < -0.39 is 0 Å². The van der Waals surface area contributed by atoms with Crippen molar-refractivity contribution < 1.29 is 14.3 Å². The van der Waals surface area contributed by atoms with Gasteiger partial charge in [-0.2, -0.15) is 0 Å². The van der Waals surface area contributed by atoms with Crippen LogP contribution in [-0.4, -0.2) is 37.9 Å². The molecule has 0 aromatic carbocycles. The number of hydrogen-bond donors (Lipinski definition) is 1. The molecule has 16 heavy (non-hydrogen) atoms. The van der Waals surface area contributed by atoms with Crippen LogP contribution < -0.4 is 5.32 Å². The molecule has 1 amide bonds. The molecule has 0 aromatic heterocycles. The van der Waals surface area contributed by atoms with Crippen LogP contribution in [0.3, 0.4) is 0 Å². The van der Waals surface area contributed by atoms with Crippen LogP contribution in [0.1, 0.15) is 33.6 Å². The Labute approximate surface area is 97.7 Å². The predicted octanol–water partition coefficient (Wildman–Crippen LogP) is 1.34. The van der Waals surface area contributed by atoms with Crippen molar-refractivity contribution in [3.05, 3.63) is 0 Å². The zero-order chi connectivity index (χ0) is 12.0. The first kappa shape index (κ1) is 13.5. The van der Waals surface area contributed by atoms with Gasteiger partial charge in [0.1, 0.15) is 6.61 Å². The largest absolute Gasteiger partial charge is 0.379 e. The zero-order valence-corrected chi connectivity index (χ0v) is 10.5. The van der Waals surface area contributed by atoms with Gasteiger partial charge in [0.25, 0.3) is 0 Å². The second-order valence-electron chi connectivity index (χ2n) is 5.27. The van der Waals surface area contributed by atoms with Crippen LogP contribution in [0.15, 0.2) is 0 Å². The molecule has 0 aromatic rings. The summed E-state index contributed by atoms with van der Waals surface area (Å²) in [4.78, 5) is 11.3. The molecule has 1 N–H and O–H groups in total. The summed E-state index contributed by atoms with van der Waals surface area (Å²) in [6.07, 6.45) is 2.59. The van der Waals surface area contributed by atoms with Crippen LogP contribution in [0, 0.1) is 5.92 Å². The smallest absolute Gasteiger partial charge is 0.246 e. The van der Waals surface area contributed by atoms with E-state index in [2.05, 4.69) is 5.32 Å². The van der Waals surface area contributed by atoms with Gasteiger partial charge in [-0.25, -0.2) is 0 Å². The van der Waals surface area contributed by atoms with Crippen molar-refractivity contribution in [2.45, 2.75) is 39.2 Å². The molecule has 1 aliphatic rings. The number of rotatable bonds is 7. The standard InChI is InChI=1S/C12H23NO3/c1-12(2,3)16-9-11(14)13-6-7-15-8-10-4-5-10/h10H,4-9H2,1-3H3,(H,13,14). The molecule has 0 spiro atoms. The molecular formula is C12H23NO3. The summed E-state index contributed by atoms with van der Waals surface area (Å²) >= 11 is 0. The minimum Gasteiger partial charge on any atom is -0.379 e. The molecule has 0 aliphatic heterocycles. The lowest BCUT2D eigenvalue weighted by Gasteiger charge is -2.18. The topological polar surface area (TPSA) is 47.6 Å². The SMILES string of the molecule is CC(C)(C)OCC(=O)NCCOCC1CC1. The van der Waals surface area contributed by atoms with Gasteiger partial charge < -0.3 is 14.8 Å². The fraction of sp³-hybridized carbons (Fsp3) is 0.917. The lowest BCUT2D eigenvalue weighted by Crippen LogP contribution is -2.34. The van der Waals surface area contributed by atoms with Gasteiger partial charge in [0.2, 0.25) is 5.91 Å². The summed E-state index contributed by atoms with van der Waals surface area (Å²) in [7, 11) is 0. The second-order valence-corrected chi connectivity index (χ2v) is 5.27. The van der Waals surface area contributed by atoms with E-state index in [1.54, 1.807) is 0 Å². The van der Waals surface area contributed by atoms with Crippen LogP contribution in [0.2, 0.25) is 0 Å². The summed E-state index contributed by atoms with van der Waals surface area (Å²) in [6.45, 7) is 7.91. The van der Waals surface area contributed by atoms with Gasteiger partial charge in [-0.3, -0.25) is 4.79 Å². The molecule has 1 saturated carbocycles. The lowest BCUT2D eigenvalue weighted by atomic mass is 10.2. The minimum atomic E-state index is -0.264. The first-order valence-corrected chi connectivity index (χ1v) is 5.96. The quantitative estimate of drug-likeness (QED) is 0.670. The van der Waals surface area contributed by atoms with E-state index >= 15 is 0 Å². The Kier molecular flexibility index (Phi) is 5.22. The third-order valence-electron chi connectivity index (χ3n) is 2.26. The summed E-state index contributed by atoms with van der Waals surface area (Å²) in [5.41, 5.74) is -0.264. The molecule has 94 valence electrons. The normalized spacial score (nSPS) is 16.2. The molecule has 0 atom stereocenters. The number of nitrogens with one attached hydrogen (secondary N) is 1. The summed E-state index contributed by atoms with van der Waals surface area (Å²) in [5.74, 6) is 0.699. The molecule has 1 rings (SSSR count). The van der Waals surface area contributed by atoms with Gasteiger partial charge in [-0.15, -0.1) is 0 Å². The van der Waals surface area contributed by atoms with Crippen LogP contribution in [0.4, 0.5) is 0 Å². The number of carbonyl (C=O) groups excluding carboxylic acids is 1. The zero-order valence-electron chi connectivity index (χ0n) is 10.5. The number of amides is 1. The van der Waals surface area contributed by atoms with Crippen molar-refractivity contribution in [1.82, 2.24) is 5.32 Å². The van der Waals surface area contributed by atoms with Gasteiger partial charge in [0.05, 0.1) is 12.2 Å². The fourth-order valence-corrected chi connectivity index (χ4v) is 1.13. The van der Waals surface area contributed by atoms with Crippen LogP contribution in [0.5, 0.6) is 0 Å². The first-order chi connectivity index (χ1) is 7.47. The highest BCUT2D eigenvalue weighted by Crippen LogP contribution is 2.28. The third kappa shape index (κ3) is 7.65. The Morgan fingerprint density at radius 3 is 2.62 bits per heavy atom. The number of carbonyl (C=O) groups is 1. The van der Waals surface area contributed by atoms with E-state index in [1.165, 1.54) is 12.8 Å². The Morgan fingerprint density at radius 1 is 1.38 bits per heavy atom. The van der Waals surface area contributed by atoms with Crippen molar-refractivity contribution in [3.8, 4) is 0 Å². The average Bonchev–Trinajstić information content (AvgIpc) is 2.97. The molecule has 1 aliphatic carbocycles. The lowest BCUT2D eigenvalue weighted by molar-refractivity contribution is -0.130. The average molecular weight is 229 g/mol. The first-order valence-electron chi connectivity index (χ1n) is 5.96. The van der Waals surface area contributed by atoms with Crippen molar-refractivity contribution in [3.63, 3.8) is 0 Å². The van der Waals surface area contributed by atoms with Crippen LogP contribution in [-0.2, 0) is 14.3 Å². The molecule has 0 heterocycles. The Morgan fingerprint density at radius 2 is 2.06 bits per heavy atom. The maximum absolute atomic E-state index is 11.3. The molecule has 0 unspecified atom stereocenters. The molecule has 4 heteroatoms. The fourth-order valence-electron chi connectivity index (χ4n) is 1.13. The predicted molar refractivity (Wildman–Crippen MR) is 62.3 cm³/mol. The van der Waals surface area contributed by atoms with Gasteiger partial charge in [0.15, 0.2) is 0 Å². The maximum atomic E-state index is 11.3. The molecule has 1 fully saturated rings. The van der Waals surface area contributed by atoms with Crippen molar-refractivity contribution in [2.75, 3.05) is 26.4 Å². The van der Waals surface area contributed by atoms with Crippen molar-refractivity contribution >= 4 is 5.91 Å². The highest BCUT2D eigenvalue weighted by atomic mass is 16.5. The van der Waals surface area contributed by atoms with E-state index in [9.17, 15) is 4.79 Å². The van der Waals surface area contributed by atoms with Gasteiger partial charge in [0, 0.05) is 13.2 Å². The Hall–Kier alpha value is -0.610. The maximum Gasteiger partial charge on any atom is 0.246 e. The number of ether oxygens (including phenoxy) is 2. The monoisotopic (exact) mass is 229 g/mol. The van der Waals surface area contributed by atoms with E-state index in [1.807, 2.05) is 20.8 Å². The molecule has 0 saturated heterocycles.